The first-order chi connectivity index (χ1) is 17.0. The van der Waals surface area contributed by atoms with E-state index >= 15 is 0 Å². The third-order valence-corrected chi connectivity index (χ3v) is 6.75. The van der Waals surface area contributed by atoms with Gasteiger partial charge in [0.25, 0.3) is 0 Å². The topological polar surface area (TPSA) is 57.2 Å². The molecule has 6 heteroatoms. The maximum Gasteiger partial charge on any atom is 0.194 e. The quantitative estimate of drug-likeness (QED) is 0.367. The van der Waals surface area contributed by atoms with Crippen LogP contribution < -0.4 is 4.74 Å². The van der Waals surface area contributed by atoms with Crippen molar-refractivity contribution in [3.8, 4) is 5.75 Å². The third-order valence-electron chi connectivity index (χ3n) is 6.38. The van der Waals surface area contributed by atoms with Crippen LogP contribution in [0.1, 0.15) is 48.1 Å². The van der Waals surface area contributed by atoms with Gasteiger partial charge in [0.05, 0.1) is 32.0 Å². The molecule has 3 aromatic rings. The van der Waals surface area contributed by atoms with Crippen molar-refractivity contribution in [3.05, 3.63) is 100 Å². The Hall–Kier alpha value is -2.41. The van der Waals surface area contributed by atoms with Crippen LogP contribution in [-0.4, -0.2) is 37.3 Å². The summed E-state index contributed by atoms with van der Waals surface area (Å²) in [7, 11) is 1.56. The molecule has 35 heavy (non-hydrogen) atoms. The molecule has 186 valence electrons. The minimum atomic E-state index is -1.11. The van der Waals surface area contributed by atoms with E-state index in [9.17, 15) is 5.11 Å². The summed E-state index contributed by atoms with van der Waals surface area (Å²) in [6, 6.07) is 24.1. The van der Waals surface area contributed by atoms with Crippen molar-refractivity contribution in [2.45, 2.75) is 50.8 Å². The van der Waals surface area contributed by atoms with Gasteiger partial charge < -0.3 is 24.1 Å². The molecule has 4 rings (SSSR count). The molecular weight excluding hydrogens is 464 g/mol. The summed E-state index contributed by atoms with van der Waals surface area (Å²) in [5, 5.41) is 10.8. The van der Waals surface area contributed by atoms with Crippen molar-refractivity contribution >= 4 is 11.6 Å². The lowest BCUT2D eigenvalue weighted by Crippen LogP contribution is -2.48. The van der Waals surface area contributed by atoms with Crippen LogP contribution in [0.5, 0.6) is 5.75 Å². The van der Waals surface area contributed by atoms with Crippen molar-refractivity contribution in [1.82, 2.24) is 0 Å². The SMILES string of the molecule is CCOc1ccc(Cc2cc(C3CC(OCc4ccccc4)CC(CO)(OC)O3)ccc2Cl)cc1. The highest BCUT2D eigenvalue weighted by atomic mass is 35.5. The number of hydrogen-bond acceptors (Lipinski definition) is 5. The number of rotatable bonds is 10. The van der Waals surface area contributed by atoms with Crippen LogP contribution in [0.3, 0.4) is 0 Å². The van der Waals surface area contributed by atoms with E-state index in [4.69, 9.17) is 30.5 Å². The van der Waals surface area contributed by atoms with Crippen molar-refractivity contribution < 1.29 is 24.1 Å². The van der Waals surface area contributed by atoms with E-state index in [1.165, 1.54) is 0 Å². The minimum Gasteiger partial charge on any atom is -0.494 e. The smallest absolute Gasteiger partial charge is 0.194 e. The molecule has 1 heterocycles. The molecule has 0 amide bonds. The fourth-order valence-corrected chi connectivity index (χ4v) is 4.65. The summed E-state index contributed by atoms with van der Waals surface area (Å²) in [6.45, 7) is 2.85. The van der Waals surface area contributed by atoms with Crippen LogP contribution in [0.15, 0.2) is 72.8 Å². The Labute approximate surface area is 212 Å². The number of benzene rings is 3. The Morgan fingerprint density at radius 3 is 2.49 bits per heavy atom. The van der Waals surface area contributed by atoms with Crippen LogP contribution in [0.25, 0.3) is 0 Å². The zero-order valence-corrected chi connectivity index (χ0v) is 21.0. The molecule has 1 saturated heterocycles. The normalized spacial score (nSPS) is 22.2. The number of ether oxygens (including phenoxy) is 4. The largest absolute Gasteiger partial charge is 0.494 e. The first kappa shape index (κ1) is 25.7. The zero-order chi connectivity index (χ0) is 24.7. The van der Waals surface area contributed by atoms with Crippen LogP contribution in [0.2, 0.25) is 5.02 Å². The summed E-state index contributed by atoms with van der Waals surface area (Å²) >= 11 is 6.57. The van der Waals surface area contributed by atoms with Crippen molar-refractivity contribution in [1.29, 1.82) is 0 Å². The molecule has 0 bridgehead atoms. The van der Waals surface area contributed by atoms with E-state index in [-0.39, 0.29) is 18.8 Å². The second-order valence-electron chi connectivity index (χ2n) is 8.84. The molecule has 0 spiro atoms. The fraction of sp³-hybridized carbons (Fsp3) is 0.379. The highest BCUT2D eigenvalue weighted by Crippen LogP contribution is 2.40. The van der Waals surface area contributed by atoms with Gasteiger partial charge in [-0.2, -0.15) is 0 Å². The number of aliphatic hydroxyl groups is 1. The second kappa shape index (κ2) is 12.0. The summed E-state index contributed by atoms with van der Waals surface area (Å²) < 4.78 is 23.8. The molecule has 1 aliphatic heterocycles. The lowest BCUT2D eigenvalue weighted by atomic mass is 9.92. The number of aliphatic hydroxyl groups excluding tert-OH is 1. The summed E-state index contributed by atoms with van der Waals surface area (Å²) in [5.41, 5.74) is 4.24. The van der Waals surface area contributed by atoms with Gasteiger partial charge >= 0.3 is 0 Å². The van der Waals surface area contributed by atoms with Gasteiger partial charge in [-0.05, 0) is 53.8 Å². The van der Waals surface area contributed by atoms with E-state index in [0.29, 0.717) is 37.5 Å². The van der Waals surface area contributed by atoms with Gasteiger partial charge in [0, 0.05) is 25.0 Å². The lowest BCUT2D eigenvalue weighted by molar-refractivity contribution is -0.305. The van der Waals surface area contributed by atoms with E-state index < -0.39 is 5.79 Å². The van der Waals surface area contributed by atoms with Crippen LogP contribution in [0.4, 0.5) is 0 Å². The maximum atomic E-state index is 10.1. The second-order valence-corrected chi connectivity index (χ2v) is 9.25. The molecule has 1 N–H and O–H groups in total. The van der Waals surface area contributed by atoms with Crippen LogP contribution in [-0.2, 0) is 27.2 Å². The van der Waals surface area contributed by atoms with Crippen molar-refractivity contribution in [3.63, 3.8) is 0 Å². The summed E-state index contributed by atoms with van der Waals surface area (Å²) in [4.78, 5) is 0. The Bertz CT molecular complexity index is 1070. The third kappa shape index (κ3) is 6.63. The molecule has 1 fully saturated rings. The standard InChI is InChI=1S/C29H33ClO5/c1-3-33-25-12-9-21(10-13-25)15-24-16-23(11-14-27(24)30)28-17-26(18-29(20-31,32-2)35-28)34-19-22-7-5-4-6-8-22/h4-14,16,26,28,31H,3,15,17-20H2,1-2H3. The Kier molecular flexibility index (Phi) is 8.82. The van der Waals surface area contributed by atoms with Crippen LogP contribution >= 0.6 is 11.6 Å². The van der Waals surface area contributed by atoms with Gasteiger partial charge in [0.1, 0.15) is 5.75 Å². The van der Waals surface area contributed by atoms with Crippen molar-refractivity contribution in [2.24, 2.45) is 0 Å². The highest BCUT2D eigenvalue weighted by Gasteiger charge is 2.43. The Morgan fingerprint density at radius 2 is 1.80 bits per heavy atom. The van der Waals surface area contributed by atoms with Gasteiger partial charge in [0.2, 0.25) is 0 Å². The van der Waals surface area contributed by atoms with Gasteiger partial charge in [-0.1, -0.05) is 66.2 Å². The van der Waals surface area contributed by atoms with E-state index in [2.05, 4.69) is 18.2 Å². The fourth-order valence-electron chi connectivity index (χ4n) is 4.46. The zero-order valence-electron chi connectivity index (χ0n) is 20.3. The molecule has 0 saturated carbocycles. The molecule has 5 nitrogen and oxygen atoms in total. The first-order valence-corrected chi connectivity index (χ1v) is 12.4. The maximum absolute atomic E-state index is 10.1. The molecule has 3 unspecified atom stereocenters. The number of methoxy groups -OCH3 is 1. The molecule has 3 atom stereocenters. The van der Waals surface area contributed by atoms with E-state index in [1.807, 2.05) is 61.5 Å². The van der Waals surface area contributed by atoms with Gasteiger partial charge in [-0.15, -0.1) is 0 Å². The number of halogens is 1. The molecule has 3 aromatic carbocycles. The van der Waals surface area contributed by atoms with Gasteiger partial charge in [-0.3, -0.25) is 0 Å². The predicted octanol–water partition coefficient (Wildman–Crippen LogP) is 6.10. The van der Waals surface area contributed by atoms with Gasteiger partial charge in [-0.25, -0.2) is 0 Å². The number of hydrogen-bond donors (Lipinski definition) is 1. The lowest BCUT2D eigenvalue weighted by Gasteiger charge is -2.42. The molecule has 1 aliphatic rings. The monoisotopic (exact) mass is 496 g/mol. The Morgan fingerprint density at radius 1 is 1.03 bits per heavy atom. The molecule has 0 aliphatic carbocycles. The van der Waals surface area contributed by atoms with E-state index in [1.54, 1.807) is 7.11 Å². The predicted molar refractivity (Wildman–Crippen MR) is 137 cm³/mol. The average molecular weight is 497 g/mol. The van der Waals surface area contributed by atoms with E-state index in [0.717, 1.165) is 28.0 Å². The minimum absolute atomic E-state index is 0.133. The molecule has 0 aromatic heterocycles. The van der Waals surface area contributed by atoms with Gasteiger partial charge in [0.15, 0.2) is 5.79 Å². The van der Waals surface area contributed by atoms with Crippen molar-refractivity contribution in [2.75, 3.05) is 20.3 Å². The molecule has 0 radical (unpaired) electrons. The highest BCUT2D eigenvalue weighted by molar-refractivity contribution is 6.31. The molecular formula is C29H33ClO5. The first-order valence-electron chi connectivity index (χ1n) is 12.0. The summed E-state index contributed by atoms with van der Waals surface area (Å²) in [5.74, 6) is -0.257. The average Bonchev–Trinajstić information content (AvgIpc) is 2.90. The summed E-state index contributed by atoms with van der Waals surface area (Å²) in [6.07, 6.45) is 1.37. The Balaban J connectivity index is 1.52. The van der Waals surface area contributed by atoms with Crippen LogP contribution in [0, 0.1) is 0 Å².